The minimum Gasteiger partial charge on any atom is -0.382 e. The molecule has 18 heavy (non-hydrogen) atoms. The molecule has 1 aromatic rings. The number of carbonyl (C=O) groups excluding carboxylic acids is 1. The maximum Gasteiger partial charge on any atom is 0.246 e. The van der Waals surface area contributed by atoms with Gasteiger partial charge in [0.25, 0.3) is 0 Å². The summed E-state index contributed by atoms with van der Waals surface area (Å²) in [5.41, 5.74) is 1.88. The van der Waals surface area contributed by atoms with Crippen molar-refractivity contribution >= 4 is 27.5 Å². The smallest absolute Gasteiger partial charge is 0.246 e. The summed E-state index contributed by atoms with van der Waals surface area (Å²) in [4.78, 5) is 11.9. The van der Waals surface area contributed by atoms with Gasteiger partial charge in [-0.2, -0.15) is 0 Å². The van der Waals surface area contributed by atoms with Gasteiger partial charge in [0.15, 0.2) is 0 Å². The molecule has 1 amide bonds. The summed E-state index contributed by atoms with van der Waals surface area (Å²) in [6.45, 7) is 4.20. The number of hydrogen-bond donors (Lipinski definition) is 2. The van der Waals surface area contributed by atoms with Gasteiger partial charge in [0, 0.05) is 28.9 Å². The van der Waals surface area contributed by atoms with Crippen LogP contribution in [0.3, 0.4) is 0 Å². The molecule has 98 valence electrons. The molecule has 5 heteroatoms. The van der Waals surface area contributed by atoms with Gasteiger partial charge in [-0.25, -0.2) is 0 Å². The van der Waals surface area contributed by atoms with E-state index in [4.69, 9.17) is 4.74 Å². The van der Waals surface area contributed by atoms with Gasteiger partial charge in [-0.3, -0.25) is 4.79 Å². The maximum atomic E-state index is 11.9. The first-order valence-corrected chi connectivity index (χ1v) is 6.93. The van der Waals surface area contributed by atoms with E-state index in [0.717, 1.165) is 41.9 Å². The second-order valence-corrected chi connectivity index (χ2v) is 4.98. The first-order valence-electron chi connectivity index (χ1n) is 6.14. The van der Waals surface area contributed by atoms with Crippen molar-refractivity contribution in [2.24, 2.45) is 0 Å². The summed E-state index contributed by atoms with van der Waals surface area (Å²) in [5, 5.41) is 6.14. The van der Waals surface area contributed by atoms with Gasteiger partial charge in [0.1, 0.15) is 6.04 Å². The minimum atomic E-state index is -0.266. The van der Waals surface area contributed by atoms with Crippen LogP contribution in [-0.4, -0.2) is 25.7 Å². The van der Waals surface area contributed by atoms with E-state index in [1.807, 2.05) is 25.1 Å². The van der Waals surface area contributed by atoms with Crippen LogP contribution in [0.25, 0.3) is 0 Å². The van der Waals surface area contributed by atoms with Crippen LogP contribution >= 0.6 is 15.9 Å². The maximum absolute atomic E-state index is 11.9. The number of nitrogens with one attached hydrogen (secondary N) is 2. The van der Waals surface area contributed by atoms with Gasteiger partial charge in [0.05, 0.1) is 0 Å². The largest absolute Gasteiger partial charge is 0.382 e. The number of ether oxygens (including phenoxy) is 1. The van der Waals surface area contributed by atoms with Crippen LogP contribution in [-0.2, 0) is 9.53 Å². The third kappa shape index (κ3) is 2.91. The van der Waals surface area contributed by atoms with Crippen molar-refractivity contribution in [3.8, 4) is 0 Å². The Balaban J connectivity index is 1.96. The molecule has 1 aliphatic heterocycles. The molecule has 1 unspecified atom stereocenters. The molecular weight excluding hydrogens is 296 g/mol. The fourth-order valence-electron chi connectivity index (χ4n) is 2.04. The van der Waals surface area contributed by atoms with E-state index in [2.05, 4.69) is 26.6 Å². The minimum absolute atomic E-state index is 0.00769. The molecule has 1 heterocycles. The summed E-state index contributed by atoms with van der Waals surface area (Å²) in [6.07, 6.45) is 0.900. The summed E-state index contributed by atoms with van der Waals surface area (Å²) >= 11 is 3.49. The summed E-state index contributed by atoms with van der Waals surface area (Å²) in [6, 6.07) is 5.52. The van der Waals surface area contributed by atoms with E-state index in [1.54, 1.807) is 0 Å². The number of fused-ring (bicyclic) bond motifs is 1. The highest BCUT2D eigenvalue weighted by molar-refractivity contribution is 9.10. The number of carbonyl (C=O) groups is 1. The molecule has 0 bridgehead atoms. The fourth-order valence-corrected chi connectivity index (χ4v) is 2.63. The Morgan fingerprint density at radius 3 is 3.11 bits per heavy atom. The lowest BCUT2D eigenvalue weighted by atomic mass is 10.1. The number of benzene rings is 1. The average molecular weight is 313 g/mol. The first-order chi connectivity index (χ1) is 8.74. The Bertz CT molecular complexity index is 437. The van der Waals surface area contributed by atoms with Crippen LogP contribution in [0.5, 0.6) is 0 Å². The highest BCUT2D eigenvalue weighted by Gasteiger charge is 2.31. The second kappa shape index (κ2) is 6.31. The van der Waals surface area contributed by atoms with Crippen LogP contribution in [0.4, 0.5) is 5.69 Å². The molecule has 0 radical (unpaired) electrons. The van der Waals surface area contributed by atoms with Crippen molar-refractivity contribution in [3.63, 3.8) is 0 Å². The topological polar surface area (TPSA) is 50.4 Å². The van der Waals surface area contributed by atoms with Crippen molar-refractivity contribution in [2.75, 3.05) is 25.1 Å². The zero-order valence-electron chi connectivity index (χ0n) is 10.3. The van der Waals surface area contributed by atoms with Gasteiger partial charge in [-0.1, -0.05) is 22.0 Å². The lowest BCUT2D eigenvalue weighted by Crippen LogP contribution is -2.29. The van der Waals surface area contributed by atoms with Gasteiger partial charge in [-0.05, 0) is 32.0 Å². The number of hydrogen-bond acceptors (Lipinski definition) is 3. The third-order valence-corrected chi connectivity index (χ3v) is 3.57. The Morgan fingerprint density at radius 1 is 1.50 bits per heavy atom. The van der Waals surface area contributed by atoms with Gasteiger partial charge in [-0.15, -0.1) is 0 Å². The molecule has 2 N–H and O–H groups in total. The molecular formula is C13H17BrN2O2. The van der Waals surface area contributed by atoms with Crippen molar-refractivity contribution in [1.82, 2.24) is 5.32 Å². The van der Waals surface area contributed by atoms with E-state index in [-0.39, 0.29) is 11.9 Å². The highest BCUT2D eigenvalue weighted by Crippen LogP contribution is 2.36. The van der Waals surface area contributed by atoms with Crippen molar-refractivity contribution in [2.45, 2.75) is 19.4 Å². The molecule has 2 rings (SSSR count). The molecule has 0 spiro atoms. The van der Waals surface area contributed by atoms with E-state index in [1.165, 1.54) is 0 Å². The van der Waals surface area contributed by atoms with Gasteiger partial charge < -0.3 is 15.4 Å². The zero-order valence-corrected chi connectivity index (χ0v) is 11.9. The second-order valence-electron chi connectivity index (χ2n) is 4.13. The average Bonchev–Trinajstić information content (AvgIpc) is 2.67. The molecule has 1 aliphatic rings. The number of halogens is 1. The van der Waals surface area contributed by atoms with Crippen LogP contribution in [0.1, 0.15) is 24.9 Å². The van der Waals surface area contributed by atoms with Gasteiger partial charge in [0.2, 0.25) is 5.91 Å². The molecule has 0 saturated heterocycles. The van der Waals surface area contributed by atoms with E-state index >= 15 is 0 Å². The molecule has 0 saturated carbocycles. The van der Waals surface area contributed by atoms with Crippen molar-refractivity contribution in [3.05, 3.63) is 28.2 Å². The summed E-state index contributed by atoms with van der Waals surface area (Å²) < 4.78 is 6.23. The van der Waals surface area contributed by atoms with Crippen molar-refractivity contribution < 1.29 is 9.53 Å². The lowest BCUT2D eigenvalue weighted by Gasteiger charge is -2.12. The predicted molar refractivity (Wildman–Crippen MR) is 74.6 cm³/mol. The van der Waals surface area contributed by atoms with Crippen LogP contribution in [0.15, 0.2) is 22.7 Å². The molecule has 0 fully saturated rings. The monoisotopic (exact) mass is 312 g/mol. The molecule has 1 aromatic carbocycles. The fraction of sp³-hybridized carbons (Fsp3) is 0.462. The quantitative estimate of drug-likeness (QED) is 0.793. The Hall–Kier alpha value is -0.910. The van der Waals surface area contributed by atoms with E-state index in [0.29, 0.717) is 0 Å². The summed E-state index contributed by atoms with van der Waals surface area (Å²) in [5.74, 6) is 0.00769. The van der Waals surface area contributed by atoms with Crippen molar-refractivity contribution in [1.29, 1.82) is 0 Å². The summed E-state index contributed by atoms with van der Waals surface area (Å²) in [7, 11) is 0. The molecule has 4 nitrogen and oxygen atoms in total. The number of anilines is 1. The Morgan fingerprint density at radius 2 is 2.33 bits per heavy atom. The molecule has 0 aromatic heterocycles. The van der Waals surface area contributed by atoms with Crippen LogP contribution in [0, 0.1) is 0 Å². The Kier molecular flexibility index (Phi) is 4.74. The number of amides is 1. The lowest BCUT2D eigenvalue weighted by molar-refractivity contribution is -0.117. The SMILES string of the molecule is CCOCCCNC1C(=O)Nc2cccc(Br)c21. The zero-order chi connectivity index (χ0) is 13.0. The number of rotatable bonds is 6. The first kappa shape index (κ1) is 13.5. The standard InChI is InChI=1S/C13H17BrN2O2/c1-2-18-8-4-7-15-12-11-9(14)5-3-6-10(11)16-13(12)17/h3,5-6,12,15H,2,4,7-8H2,1H3,(H,16,17). The molecule has 1 atom stereocenters. The van der Waals surface area contributed by atoms with E-state index < -0.39 is 0 Å². The third-order valence-electron chi connectivity index (χ3n) is 2.88. The molecule has 0 aliphatic carbocycles. The Labute approximate surface area is 115 Å². The normalized spacial score (nSPS) is 17.7. The predicted octanol–water partition coefficient (Wildman–Crippen LogP) is 2.46. The van der Waals surface area contributed by atoms with Crippen LogP contribution in [0.2, 0.25) is 0 Å². The van der Waals surface area contributed by atoms with Gasteiger partial charge >= 0.3 is 0 Å². The van der Waals surface area contributed by atoms with E-state index in [9.17, 15) is 4.79 Å². The highest BCUT2D eigenvalue weighted by atomic mass is 79.9. The van der Waals surface area contributed by atoms with Crippen LogP contribution < -0.4 is 10.6 Å².